The Morgan fingerprint density at radius 3 is 2.27 bits per heavy atom. The van der Waals surface area contributed by atoms with Gasteiger partial charge in [-0.15, -0.1) is 0 Å². The summed E-state index contributed by atoms with van der Waals surface area (Å²) >= 11 is 3.47. The first-order chi connectivity index (χ1) is 18.9. The molecule has 0 fully saturated rings. The average molecular weight is 629 g/mol. The summed E-state index contributed by atoms with van der Waals surface area (Å²) in [7, 11) is -4.09. The molecule has 9 heteroatoms. The Morgan fingerprint density at radius 1 is 0.950 bits per heavy atom. The highest BCUT2D eigenvalue weighted by atomic mass is 79.9. The van der Waals surface area contributed by atoms with Crippen molar-refractivity contribution >= 4 is 43.5 Å². The van der Waals surface area contributed by atoms with Crippen molar-refractivity contribution in [3.05, 3.63) is 93.5 Å². The smallest absolute Gasteiger partial charge is 0.264 e. The fourth-order valence-corrected chi connectivity index (χ4v) is 6.05. The molecule has 0 aliphatic rings. The minimum Gasteiger partial charge on any atom is -0.354 e. The van der Waals surface area contributed by atoms with Crippen LogP contribution in [0.1, 0.15) is 48.9 Å². The number of carbonyl (C=O) groups excluding carboxylic acids is 2. The molecule has 0 aromatic heterocycles. The molecule has 0 bridgehead atoms. The molecule has 3 aromatic rings. The number of hydrogen-bond acceptors (Lipinski definition) is 4. The number of nitrogens with zero attached hydrogens (tertiary/aromatic N) is 2. The van der Waals surface area contributed by atoms with Crippen LogP contribution < -0.4 is 9.62 Å². The maximum absolute atomic E-state index is 14.0. The average Bonchev–Trinajstić information content (AvgIpc) is 2.91. The van der Waals surface area contributed by atoms with E-state index < -0.39 is 28.5 Å². The number of benzene rings is 3. The zero-order chi connectivity index (χ0) is 29.4. The van der Waals surface area contributed by atoms with Gasteiger partial charge in [0.15, 0.2) is 0 Å². The van der Waals surface area contributed by atoms with E-state index in [-0.39, 0.29) is 17.3 Å². The van der Waals surface area contributed by atoms with E-state index in [1.165, 1.54) is 4.90 Å². The third-order valence-corrected chi connectivity index (χ3v) is 9.19. The van der Waals surface area contributed by atoms with E-state index in [1.807, 2.05) is 58.0 Å². The number of sulfonamides is 1. The van der Waals surface area contributed by atoms with Gasteiger partial charge < -0.3 is 10.2 Å². The summed E-state index contributed by atoms with van der Waals surface area (Å²) in [6.07, 6.45) is 1.75. The molecular weight excluding hydrogens is 590 g/mol. The summed E-state index contributed by atoms with van der Waals surface area (Å²) in [4.78, 5) is 28.6. The molecule has 40 heavy (non-hydrogen) atoms. The third-order valence-electron chi connectivity index (χ3n) is 6.91. The summed E-state index contributed by atoms with van der Waals surface area (Å²) in [5, 5.41) is 2.90. The lowest BCUT2D eigenvalue weighted by Crippen LogP contribution is -2.51. The van der Waals surface area contributed by atoms with Gasteiger partial charge in [-0.3, -0.25) is 13.9 Å². The Morgan fingerprint density at radius 2 is 1.65 bits per heavy atom. The highest BCUT2D eigenvalue weighted by Gasteiger charge is 2.32. The van der Waals surface area contributed by atoms with Gasteiger partial charge in [0.25, 0.3) is 10.0 Å². The zero-order valence-corrected chi connectivity index (χ0v) is 26.2. The Labute approximate surface area is 246 Å². The van der Waals surface area contributed by atoms with Gasteiger partial charge in [0.2, 0.25) is 11.8 Å². The van der Waals surface area contributed by atoms with Crippen molar-refractivity contribution in [3.63, 3.8) is 0 Å². The van der Waals surface area contributed by atoms with E-state index in [4.69, 9.17) is 0 Å². The first-order valence-corrected chi connectivity index (χ1v) is 15.7. The molecule has 0 aliphatic carbocycles. The van der Waals surface area contributed by atoms with Crippen molar-refractivity contribution in [1.82, 2.24) is 10.2 Å². The second-order valence-corrected chi connectivity index (χ2v) is 12.8. The van der Waals surface area contributed by atoms with Gasteiger partial charge in [0.05, 0.1) is 10.6 Å². The normalized spacial score (nSPS) is 12.1. The van der Waals surface area contributed by atoms with Crippen molar-refractivity contribution in [2.24, 2.45) is 0 Å². The predicted octanol–water partition coefficient (Wildman–Crippen LogP) is 5.90. The maximum Gasteiger partial charge on any atom is 0.264 e. The lowest BCUT2D eigenvalue weighted by molar-refractivity contribution is -0.139. The van der Waals surface area contributed by atoms with E-state index in [9.17, 15) is 18.0 Å². The number of amides is 2. The molecule has 0 saturated carbocycles. The van der Waals surface area contributed by atoms with Crippen molar-refractivity contribution in [2.75, 3.05) is 17.4 Å². The minimum absolute atomic E-state index is 0.0908. The van der Waals surface area contributed by atoms with Crippen LogP contribution in [-0.4, -0.2) is 44.3 Å². The van der Waals surface area contributed by atoms with Crippen LogP contribution in [-0.2, 0) is 26.2 Å². The third kappa shape index (κ3) is 7.95. The lowest BCUT2D eigenvalue weighted by Gasteiger charge is -2.32. The van der Waals surface area contributed by atoms with Gasteiger partial charge in [-0.25, -0.2) is 8.42 Å². The molecule has 3 rings (SSSR count). The monoisotopic (exact) mass is 627 g/mol. The first kappa shape index (κ1) is 31.4. The molecule has 0 radical (unpaired) electrons. The molecule has 0 heterocycles. The molecule has 3 aromatic carbocycles. The number of aryl methyl sites for hydroxylation is 3. The van der Waals surface area contributed by atoms with Gasteiger partial charge >= 0.3 is 0 Å². The summed E-state index contributed by atoms with van der Waals surface area (Å²) < 4.78 is 29.9. The van der Waals surface area contributed by atoms with Crippen LogP contribution in [0.3, 0.4) is 0 Å². The molecule has 1 N–H and O–H groups in total. The summed E-state index contributed by atoms with van der Waals surface area (Å²) in [6, 6.07) is 18.6. The quantitative estimate of drug-likeness (QED) is 0.253. The van der Waals surface area contributed by atoms with Gasteiger partial charge in [-0.1, -0.05) is 65.2 Å². The summed E-state index contributed by atoms with van der Waals surface area (Å²) in [5.41, 5.74) is 4.05. The number of nitrogens with one attached hydrogen (secondary N) is 1. The van der Waals surface area contributed by atoms with Crippen molar-refractivity contribution in [1.29, 1.82) is 0 Å². The van der Waals surface area contributed by atoms with Crippen LogP contribution >= 0.6 is 15.9 Å². The first-order valence-electron chi connectivity index (χ1n) is 13.4. The van der Waals surface area contributed by atoms with E-state index >= 15 is 0 Å². The summed E-state index contributed by atoms with van der Waals surface area (Å²) in [5.74, 6) is -0.761. The van der Waals surface area contributed by atoms with Gasteiger partial charge in [0.1, 0.15) is 12.6 Å². The molecule has 7 nitrogen and oxygen atoms in total. The topological polar surface area (TPSA) is 86.8 Å². The predicted molar refractivity (Wildman–Crippen MR) is 164 cm³/mol. The highest BCUT2D eigenvalue weighted by molar-refractivity contribution is 9.10. The number of unbranched alkanes of at least 4 members (excludes halogenated alkanes) is 1. The van der Waals surface area contributed by atoms with Crippen LogP contribution in [0, 0.1) is 20.8 Å². The second kappa shape index (κ2) is 13.9. The molecule has 0 aliphatic heterocycles. The van der Waals surface area contributed by atoms with Crippen LogP contribution in [0.25, 0.3) is 0 Å². The standard InChI is InChI=1S/C31H38BrN3O4S/c1-6-7-17-33-31(37)25(5)34(20-26-9-8-10-27(32)19-26)30(36)21-35(28-14-13-23(3)24(4)18-28)40(38,39)29-15-11-22(2)12-16-29/h8-16,18-19,25H,6-7,17,20-21H2,1-5H3,(H,33,37). The van der Waals surface area contributed by atoms with Crippen LogP contribution in [0.15, 0.2) is 76.1 Å². The van der Waals surface area contributed by atoms with Crippen molar-refractivity contribution in [2.45, 2.75) is 64.9 Å². The lowest BCUT2D eigenvalue weighted by atomic mass is 10.1. The van der Waals surface area contributed by atoms with Crippen molar-refractivity contribution < 1.29 is 18.0 Å². The second-order valence-electron chi connectivity index (χ2n) is 10.1. The zero-order valence-electron chi connectivity index (χ0n) is 23.8. The number of halogens is 1. The molecular formula is C31H38BrN3O4S. The van der Waals surface area contributed by atoms with E-state index in [2.05, 4.69) is 21.2 Å². The largest absolute Gasteiger partial charge is 0.354 e. The molecule has 0 saturated heterocycles. The fourth-order valence-electron chi connectivity index (χ4n) is 4.20. The van der Waals surface area contributed by atoms with E-state index in [0.29, 0.717) is 12.2 Å². The molecule has 0 spiro atoms. The molecule has 2 amide bonds. The van der Waals surface area contributed by atoms with Crippen molar-refractivity contribution in [3.8, 4) is 0 Å². The molecule has 1 unspecified atom stereocenters. The van der Waals surface area contributed by atoms with E-state index in [1.54, 1.807) is 43.3 Å². The SMILES string of the molecule is CCCCNC(=O)C(C)N(Cc1cccc(Br)c1)C(=O)CN(c1ccc(C)c(C)c1)S(=O)(=O)c1ccc(C)cc1. The number of carbonyl (C=O) groups is 2. The fraction of sp³-hybridized carbons (Fsp3) is 0.355. The highest BCUT2D eigenvalue weighted by Crippen LogP contribution is 2.27. The maximum atomic E-state index is 14.0. The van der Waals surface area contributed by atoms with Gasteiger partial charge in [0, 0.05) is 17.6 Å². The van der Waals surface area contributed by atoms with Crippen LogP contribution in [0.5, 0.6) is 0 Å². The Hall–Kier alpha value is -3.17. The van der Waals surface area contributed by atoms with Gasteiger partial charge in [-0.2, -0.15) is 0 Å². The van der Waals surface area contributed by atoms with E-state index in [0.717, 1.165) is 43.9 Å². The Kier molecular flexibility index (Phi) is 10.9. The molecule has 1 atom stereocenters. The Bertz CT molecular complexity index is 1440. The Balaban J connectivity index is 2.03. The van der Waals surface area contributed by atoms with Crippen LogP contribution in [0.2, 0.25) is 0 Å². The van der Waals surface area contributed by atoms with Crippen LogP contribution in [0.4, 0.5) is 5.69 Å². The number of anilines is 1. The number of hydrogen-bond donors (Lipinski definition) is 1. The minimum atomic E-state index is -4.09. The molecule has 214 valence electrons. The number of rotatable bonds is 12. The van der Waals surface area contributed by atoms with Gasteiger partial charge in [-0.05, 0) is 87.2 Å². The summed E-state index contributed by atoms with van der Waals surface area (Å²) in [6.45, 7) is 9.63.